The van der Waals surface area contributed by atoms with E-state index in [0.29, 0.717) is 23.6 Å². The average molecular weight is 369 g/mol. The van der Waals surface area contributed by atoms with Gasteiger partial charge in [-0.05, 0) is 36.6 Å². The number of carbonyl (C=O) groups excluding carboxylic acids is 2. The van der Waals surface area contributed by atoms with Crippen LogP contribution in [0, 0.1) is 12.8 Å². The lowest BCUT2D eigenvalue weighted by molar-refractivity contribution is -0.127. The average Bonchev–Trinajstić information content (AvgIpc) is 3.21. The highest BCUT2D eigenvalue weighted by atomic mass is 16.6. The summed E-state index contributed by atoms with van der Waals surface area (Å²) in [4.78, 5) is 28.4. The SMILES string of the molecule is Cc1nonc1C(=O)NCc1cn2ncc(CNC(=O)C3CCC3)cc2n1. The number of amides is 2. The fourth-order valence-corrected chi connectivity index (χ4v) is 2.84. The molecule has 0 aromatic carbocycles. The van der Waals surface area contributed by atoms with E-state index in [-0.39, 0.29) is 30.0 Å². The van der Waals surface area contributed by atoms with E-state index in [4.69, 9.17) is 0 Å². The summed E-state index contributed by atoms with van der Waals surface area (Å²) in [5.41, 5.74) is 2.76. The standard InChI is InChI=1S/C17H19N7O3/c1-10-15(23-27-22-10)17(26)19-8-13-9-24-14(21-13)5-11(7-20-24)6-18-16(25)12-3-2-4-12/h5,7,9,12H,2-4,6,8H2,1H3,(H,18,25)(H,19,26). The largest absolute Gasteiger partial charge is 0.352 e. The number of hydrogen-bond acceptors (Lipinski definition) is 7. The van der Waals surface area contributed by atoms with Crippen molar-refractivity contribution in [3.8, 4) is 0 Å². The molecule has 0 bridgehead atoms. The van der Waals surface area contributed by atoms with Gasteiger partial charge in [-0.15, -0.1) is 0 Å². The number of aromatic nitrogens is 5. The molecule has 4 rings (SSSR count). The summed E-state index contributed by atoms with van der Waals surface area (Å²) in [7, 11) is 0. The van der Waals surface area contributed by atoms with Crippen molar-refractivity contribution in [3.05, 3.63) is 41.1 Å². The Morgan fingerprint density at radius 1 is 1.26 bits per heavy atom. The molecule has 1 aliphatic carbocycles. The molecule has 3 heterocycles. The van der Waals surface area contributed by atoms with Gasteiger partial charge in [0.15, 0.2) is 11.3 Å². The van der Waals surface area contributed by atoms with Crippen molar-refractivity contribution < 1.29 is 14.2 Å². The Morgan fingerprint density at radius 3 is 2.81 bits per heavy atom. The quantitative estimate of drug-likeness (QED) is 0.657. The van der Waals surface area contributed by atoms with Crippen molar-refractivity contribution in [2.45, 2.75) is 39.3 Å². The number of imidazole rings is 1. The summed E-state index contributed by atoms with van der Waals surface area (Å²) in [5, 5.41) is 17.1. The lowest BCUT2D eigenvalue weighted by Crippen LogP contribution is -2.34. The number of fused-ring (bicyclic) bond motifs is 1. The van der Waals surface area contributed by atoms with Crippen LogP contribution in [0.4, 0.5) is 0 Å². The van der Waals surface area contributed by atoms with Gasteiger partial charge in [-0.3, -0.25) is 9.59 Å². The molecule has 0 radical (unpaired) electrons. The number of hydrogen-bond donors (Lipinski definition) is 2. The number of carbonyl (C=O) groups is 2. The molecule has 10 heteroatoms. The molecule has 1 fully saturated rings. The molecule has 2 N–H and O–H groups in total. The molecule has 140 valence electrons. The second kappa shape index (κ2) is 7.14. The molecule has 3 aromatic rings. The Balaban J connectivity index is 1.37. The summed E-state index contributed by atoms with van der Waals surface area (Å²) >= 11 is 0. The van der Waals surface area contributed by atoms with Crippen molar-refractivity contribution >= 4 is 17.5 Å². The molecule has 0 spiro atoms. The molecular formula is C17H19N7O3. The van der Waals surface area contributed by atoms with E-state index in [1.54, 1.807) is 23.8 Å². The summed E-state index contributed by atoms with van der Waals surface area (Å²) in [6, 6.07) is 1.87. The maximum absolute atomic E-state index is 12.0. The van der Waals surface area contributed by atoms with Gasteiger partial charge in [0.05, 0.1) is 24.6 Å². The van der Waals surface area contributed by atoms with Crippen molar-refractivity contribution in [2.24, 2.45) is 5.92 Å². The lowest BCUT2D eigenvalue weighted by atomic mass is 9.85. The number of aryl methyl sites for hydroxylation is 1. The Labute approximate surface area is 154 Å². The third-order valence-corrected chi connectivity index (χ3v) is 4.67. The van der Waals surface area contributed by atoms with Crippen LogP contribution in [0.15, 0.2) is 23.1 Å². The van der Waals surface area contributed by atoms with Crippen LogP contribution in [0.3, 0.4) is 0 Å². The summed E-state index contributed by atoms with van der Waals surface area (Å²) in [6.07, 6.45) is 6.51. The predicted molar refractivity (Wildman–Crippen MR) is 92.4 cm³/mol. The molecule has 0 atom stereocenters. The monoisotopic (exact) mass is 369 g/mol. The van der Waals surface area contributed by atoms with Gasteiger partial charge in [0.1, 0.15) is 5.69 Å². The summed E-state index contributed by atoms with van der Waals surface area (Å²) in [6.45, 7) is 2.30. The van der Waals surface area contributed by atoms with Crippen molar-refractivity contribution in [3.63, 3.8) is 0 Å². The van der Waals surface area contributed by atoms with Crippen molar-refractivity contribution in [1.82, 2.24) is 35.5 Å². The minimum absolute atomic E-state index is 0.102. The lowest BCUT2D eigenvalue weighted by Gasteiger charge is -2.23. The third kappa shape index (κ3) is 3.64. The topological polar surface area (TPSA) is 127 Å². The maximum atomic E-state index is 12.0. The summed E-state index contributed by atoms with van der Waals surface area (Å²) in [5.74, 6) is -0.115. The van der Waals surface area contributed by atoms with Crippen LogP contribution in [0.2, 0.25) is 0 Å². The van der Waals surface area contributed by atoms with Gasteiger partial charge in [-0.25, -0.2) is 14.1 Å². The second-order valence-electron chi connectivity index (χ2n) is 6.63. The highest BCUT2D eigenvalue weighted by molar-refractivity contribution is 5.92. The first kappa shape index (κ1) is 17.1. The van der Waals surface area contributed by atoms with Crippen LogP contribution in [-0.4, -0.2) is 36.7 Å². The predicted octanol–water partition coefficient (Wildman–Crippen LogP) is 0.767. The van der Waals surface area contributed by atoms with Gasteiger partial charge in [-0.2, -0.15) is 5.10 Å². The maximum Gasteiger partial charge on any atom is 0.275 e. The van der Waals surface area contributed by atoms with Crippen LogP contribution in [-0.2, 0) is 17.9 Å². The zero-order valence-corrected chi connectivity index (χ0v) is 14.8. The number of rotatable bonds is 6. The molecule has 1 saturated carbocycles. The minimum Gasteiger partial charge on any atom is -0.352 e. The Hall–Kier alpha value is -3.30. The Morgan fingerprint density at radius 2 is 2.11 bits per heavy atom. The molecule has 0 aliphatic heterocycles. The van der Waals surface area contributed by atoms with E-state index < -0.39 is 0 Å². The molecular weight excluding hydrogens is 350 g/mol. The van der Waals surface area contributed by atoms with E-state index >= 15 is 0 Å². The molecule has 27 heavy (non-hydrogen) atoms. The van der Waals surface area contributed by atoms with Crippen molar-refractivity contribution in [1.29, 1.82) is 0 Å². The number of nitrogens with zero attached hydrogens (tertiary/aromatic N) is 5. The second-order valence-corrected chi connectivity index (χ2v) is 6.63. The normalized spacial score (nSPS) is 14.1. The molecule has 2 amide bonds. The third-order valence-electron chi connectivity index (χ3n) is 4.67. The Bertz CT molecular complexity index is 989. The fraction of sp³-hybridized carbons (Fsp3) is 0.412. The van der Waals surface area contributed by atoms with Gasteiger partial charge < -0.3 is 10.6 Å². The van der Waals surface area contributed by atoms with Gasteiger partial charge in [0.25, 0.3) is 5.91 Å². The molecule has 1 aliphatic rings. The first-order valence-electron chi connectivity index (χ1n) is 8.78. The highest BCUT2D eigenvalue weighted by Gasteiger charge is 2.24. The molecule has 0 unspecified atom stereocenters. The number of nitrogens with one attached hydrogen (secondary N) is 2. The smallest absolute Gasteiger partial charge is 0.275 e. The zero-order valence-electron chi connectivity index (χ0n) is 14.8. The highest BCUT2D eigenvalue weighted by Crippen LogP contribution is 2.26. The zero-order chi connectivity index (χ0) is 18.8. The van der Waals surface area contributed by atoms with Gasteiger partial charge in [0.2, 0.25) is 5.91 Å². The van der Waals surface area contributed by atoms with Crippen LogP contribution in [0.1, 0.15) is 46.7 Å². The van der Waals surface area contributed by atoms with Crippen molar-refractivity contribution in [2.75, 3.05) is 0 Å². The van der Waals surface area contributed by atoms with Gasteiger partial charge >= 0.3 is 0 Å². The van der Waals surface area contributed by atoms with Crippen LogP contribution in [0.5, 0.6) is 0 Å². The van der Waals surface area contributed by atoms with E-state index in [9.17, 15) is 9.59 Å². The van der Waals surface area contributed by atoms with Crippen LogP contribution >= 0.6 is 0 Å². The van der Waals surface area contributed by atoms with E-state index in [1.165, 1.54) is 0 Å². The van der Waals surface area contributed by atoms with Gasteiger partial charge in [-0.1, -0.05) is 11.6 Å². The van der Waals surface area contributed by atoms with E-state index in [2.05, 4.69) is 35.7 Å². The van der Waals surface area contributed by atoms with Crippen LogP contribution < -0.4 is 10.6 Å². The molecule has 0 saturated heterocycles. The molecule has 10 nitrogen and oxygen atoms in total. The first-order chi connectivity index (χ1) is 13.1. The molecule has 3 aromatic heterocycles. The summed E-state index contributed by atoms with van der Waals surface area (Å²) < 4.78 is 6.15. The van der Waals surface area contributed by atoms with Crippen LogP contribution in [0.25, 0.3) is 5.65 Å². The minimum atomic E-state index is -0.377. The Kier molecular flexibility index (Phi) is 4.53. The first-order valence-corrected chi connectivity index (χ1v) is 8.78. The van der Waals surface area contributed by atoms with Gasteiger partial charge in [0, 0.05) is 12.5 Å². The van der Waals surface area contributed by atoms with E-state index in [0.717, 1.165) is 24.8 Å². The van der Waals surface area contributed by atoms with E-state index in [1.807, 2.05) is 6.07 Å². The fourth-order valence-electron chi connectivity index (χ4n) is 2.84.